The van der Waals surface area contributed by atoms with Crippen molar-refractivity contribution < 1.29 is 39.5 Å². The van der Waals surface area contributed by atoms with E-state index in [1.54, 1.807) is 0 Å². The number of rotatable bonds is 14. The van der Waals surface area contributed by atoms with Crippen LogP contribution >= 0.6 is 23.2 Å². The Balaban J connectivity index is 0.00000576. The second-order valence-corrected chi connectivity index (χ2v) is 8.00. The summed E-state index contributed by atoms with van der Waals surface area (Å²) in [6, 6.07) is 10.7. The van der Waals surface area contributed by atoms with Crippen LogP contribution in [0.4, 0.5) is 0 Å². The number of unbranched alkanes of at least 4 members (excludes halogenated alkanes) is 9. The van der Waals surface area contributed by atoms with Gasteiger partial charge in [-0.05, 0) is 24.8 Å². The average Bonchev–Trinajstić information content (AvgIpc) is 2.56. The number of halogens is 2. The number of benzene rings is 1. The molecule has 5 heteroatoms. The standard InChI is InChI=1S/C20H30Cl2O2.Na/c21-20(22,19(23)24)17-13-8-6-4-2-1-3-5-7-10-14-18-15-11-9-12-16-18;/h9,11-12,15-16H,1-8,10,13-14,17H2,(H,23,24);/q;+1/p-1. The molecule has 0 aliphatic carbocycles. The minimum absolute atomic E-state index is 0. The van der Waals surface area contributed by atoms with Crippen LogP contribution in [0.3, 0.4) is 0 Å². The third-order valence-corrected chi connectivity index (χ3v) is 5.03. The number of hydrogen-bond acceptors (Lipinski definition) is 2. The number of carboxylic acid groups (broad SMARTS) is 1. The zero-order valence-corrected chi connectivity index (χ0v) is 19.0. The molecular weight excluding hydrogens is 366 g/mol. The van der Waals surface area contributed by atoms with Crippen LogP contribution in [-0.2, 0) is 11.2 Å². The number of carbonyl (C=O) groups excluding carboxylic acids is 1. The van der Waals surface area contributed by atoms with Crippen molar-refractivity contribution in [2.75, 3.05) is 0 Å². The summed E-state index contributed by atoms with van der Waals surface area (Å²) in [4.78, 5) is 10.6. The maximum atomic E-state index is 10.6. The fourth-order valence-corrected chi connectivity index (χ4v) is 3.10. The zero-order valence-electron chi connectivity index (χ0n) is 15.4. The summed E-state index contributed by atoms with van der Waals surface area (Å²) in [5.41, 5.74) is 1.44. The van der Waals surface area contributed by atoms with Crippen molar-refractivity contribution in [2.45, 2.75) is 81.4 Å². The van der Waals surface area contributed by atoms with Crippen molar-refractivity contribution in [3.05, 3.63) is 35.9 Å². The van der Waals surface area contributed by atoms with Crippen LogP contribution in [0.2, 0.25) is 0 Å². The van der Waals surface area contributed by atoms with Crippen molar-refractivity contribution in [3.63, 3.8) is 0 Å². The Bertz CT molecular complexity index is 452. The van der Waals surface area contributed by atoms with E-state index in [-0.39, 0.29) is 36.0 Å². The minimum atomic E-state index is -1.72. The second-order valence-electron chi connectivity index (χ2n) is 6.51. The first-order valence-corrected chi connectivity index (χ1v) is 9.91. The Morgan fingerprint density at radius 1 is 0.800 bits per heavy atom. The number of hydrogen-bond donors (Lipinski definition) is 0. The fourth-order valence-electron chi connectivity index (χ4n) is 2.84. The maximum absolute atomic E-state index is 10.6. The van der Waals surface area contributed by atoms with Crippen LogP contribution in [0.25, 0.3) is 0 Å². The molecule has 0 aliphatic rings. The maximum Gasteiger partial charge on any atom is 1.00 e. The summed E-state index contributed by atoms with van der Waals surface area (Å²) in [7, 11) is 0. The molecule has 2 nitrogen and oxygen atoms in total. The van der Waals surface area contributed by atoms with E-state index in [0.29, 0.717) is 0 Å². The van der Waals surface area contributed by atoms with Crippen molar-refractivity contribution in [1.82, 2.24) is 0 Å². The minimum Gasteiger partial charge on any atom is -0.547 e. The number of aliphatic carboxylic acids is 1. The normalized spacial score (nSPS) is 11.1. The molecule has 0 saturated heterocycles. The third kappa shape index (κ3) is 13.1. The van der Waals surface area contributed by atoms with Gasteiger partial charge in [-0.2, -0.15) is 0 Å². The average molecular weight is 395 g/mol. The van der Waals surface area contributed by atoms with Crippen molar-refractivity contribution in [2.24, 2.45) is 0 Å². The zero-order chi connectivity index (χ0) is 17.7. The molecule has 0 amide bonds. The van der Waals surface area contributed by atoms with Gasteiger partial charge >= 0.3 is 29.6 Å². The Kier molecular flexibility index (Phi) is 15.5. The van der Waals surface area contributed by atoms with Crippen LogP contribution in [0, 0.1) is 0 Å². The Morgan fingerprint density at radius 2 is 1.24 bits per heavy atom. The van der Waals surface area contributed by atoms with Gasteiger partial charge in [0.05, 0.1) is 5.97 Å². The Morgan fingerprint density at radius 3 is 1.72 bits per heavy atom. The molecule has 0 aliphatic heterocycles. The quantitative estimate of drug-likeness (QED) is 0.276. The molecule has 1 rings (SSSR count). The molecule has 1 aromatic rings. The van der Waals surface area contributed by atoms with Gasteiger partial charge in [-0.3, -0.25) is 0 Å². The fraction of sp³-hybridized carbons (Fsp3) is 0.650. The van der Waals surface area contributed by atoms with Crippen LogP contribution in [0.5, 0.6) is 0 Å². The molecule has 0 saturated carbocycles. The molecule has 0 unspecified atom stereocenters. The first kappa shape index (κ1) is 25.3. The molecule has 0 radical (unpaired) electrons. The van der Waals surface area contributed by atoms with Gasteiger partial charge < -0.3 is 9.90 Å². The van der Waals surface area contributed by atoms with Gasteiger partial charge in [0.25, 0.3) is 0 Å². The van der Waals surface area contributed by atoms with Crippen LogP contribution in [0.15, 0.2) is 30.3 Å². The van der Waals surface area contributed by atoms with E-state index in [1.807, 2.05) is 0 Å². The van der Waals surface area contributed by atoms with E-state index in [4.69, 9.17) is 23.2 Å². The molecule has 0 bridgehead atoms. The van der Waals surface area contributed by atoms with E-state index in [2.05, 4.69) is 30.3 Å². The second kappa shape index (κ2) is 15.3. The Labute approximate surface area is 185 Å². The molecule has 1 aromatic carbocycles. The number of carboxylic acids is 1. The summed E-state index contributed by atoms with van der Waals surface area (Å²) in [6.45, 7) is 0. The predicted octanol–water partition coefficient (Wildman–Crippen LogP) is 2.45. The molecule has 136 valence electrons. The first-order valence-electron chi connectivity index (χ1n) is 9.15. The van der Waals surface area contributed by atoms with Crippen LogP contribution < -0.4 is 34.7 Å². The molecule has 0 aromatic heterocycles. The molecule has 25 heavy (non-hydrogen) atoms. The van der Waals surface area contributed by atoms with Crippen LogP contribution in [0.1, 0.15) is 76.2 Å². The molecular formula is C20H29Cl2NaO2. The smallest absolute Gasteiger partial charge is 0.547 e. The van der Waals surface area contributed by atoms with Gasteiger partial charge in [0, 0.05) is 0 Å². The van der Waals surface area contributed by atoms with E-state index in [0.717, 1.165) is 19.3 Å². The van der Waals surface area contributed by atoms with Gasteiger partial charge in [-0.25, -0.2) is 0 Å². The summed E-state index contributed by atoms with van der Waals surface area (Å²) in [5.74, 6) is -1.39. The molecule has 0 spiro atoms. The van der Waals surface area contributed by atoms with E-state index in [1.165, 1.54) is 56.9 Å². The SMILES string of the molecule is O=C([O-])C(Cl)(Cl)CCCCCCCCCCCCc1ccccc1.[Na+]. The van der Waals surface area contributed by atoms with Crippen molar-refractivity contribution in [1.29, 1.82) is 0 Å². The summed E-state index contributed by atoms with van der Waals surface area (Å²) < 4.78 is -1.72. The molecule has 0 N–H and O–H groups in total. The molecule has 0 atom stereocenters. The molecule has 0 heterocycles. The largest absolute Gasteiger partial charge is 1.00 e. The van der Waals surface area contributed by atoms with Gasteiger partial charge in [0.15, 0.2) is 4.33 Å². The van der Waals surface area contributed by atoms with E-state index >= 15 is 0 Å². The number of alkyl halides is 2. The summed E-state index contributed by atoms with van der Waals surface area (Å²) in [6.07, 6.45) is 13.3. The molecule has 0 fully saturated rings. The van der Waals surface area contributed by atoms with Crippen molar-refractivity contribution in [3.8, 4) is 0 Å². The van der Waals surface area contributed by atoms with Gasteiger partial charge in [-0.1, -0.05) is 111 Å². The topological polar surface area (TPSA) is 40.1 Å². The number of aryl methyl sites for hydroxylation is 1. The third-order valence-electron chi connectivity index (χ3n) is 4.35. The predicted molar refractivity (Wildman–Crippen MR) is 100 cm³/mol. The van der Waals surface area contributed by atoms with E-state index < -0.39 is 10.3 Å². The van der Waals surface area contributed by atoms with Gasteiger partial charge in [0.2, 0.25) is 0 Å². The van der Waals surface area contributed by atoms with Crippen LogP contribution in [-0.4, -0.2) is 10.3 Å². The van der Waals surface area contributed by atoms with Gasteiger partial charge in [-0.15, -0.1) is 0 Å². The van der Waals surface area contributed by atoms with Crippen molar-refractivity contribution >= 4 is 29.2 Å². The summed E-state index contributed by atoms with van der Waals surface area (Å²) >= 11 is 11.3. The van der Waals surface area contributed by atoms with Gasteiger partial charge in [0.1, 0.15) is 0 Å². The van der Waals surface area contributed by atoms with E-state index in [9.17, 15) is 9.90 Å². The summed E-state index contributed by atoms with van der Waals surface area (Å²) in [5, 5.41) is 10.6. The monoisotopic (exact) mass is 394 g/mol. The first-order chi connectivity index (χ1) is 11.5. The Hall–Kier alpha value is 0.270. The number of carbonyl (C=O) groups is 1.